The topological polar surface area (TPSA) is 65.6 Å². The Kier molecular flexibility index (Phi) is 3.59. The van der Waals surface area contributed by atoms with E-state index >= 15 is 0 Å². The Bertz CT molecular complexity index is 744. The van der Waals surface area contributed by atoms with Crippen LogP contribution in [-0.2, 0) is 6.54 Å². The van der Waals surface area contributed by atoms with Gasteiger partial charge in [-0.05, 0) is 18.6 Å². The summed E-state index contributed by atoms with van der Waals surface area (Å²) in [5.74, 6) is -0.167. The van der Waals surface area contributed by atoms with Crippen molar-refractivity contribution in [3.05, 3.63) is 60.2 Å². The molecule has 0 amide bonds. The number of nitrogens with zero attached hydrogens (tertiary/aromatic N) is 5. The second kappa shape index (κ2) is 5.70. The maximum atomic E-state index is 12.3. The summed E-state index contributed by atoms with van der Waals surface area (Å²) in [6.45, 7) is 2.86. The van der Waals surface area contributed by atoms with Gasteiger partial charge >= 0.3 is 0 Å². The zero-order chi connectivity index (χ0) is 14.7. The van der Waals surface area contributed by atoms with Crippen LogP contribution in [-0.4, -0.2) is 30.6 Å². The molecule has 0 aliphatic rings. The summed E-state index contributed by atoms with van der Waals surface area (Å²) >= 11 is 0. The summed E-state index contributed by atoms with van der Waals surface area (Å²) in [7, 11) is 0. The third kappa shape index (κ3) is 2.74. The lowest BCUT2D eigenvalue weighted by atomic mass is 10.2. The second-order valence-electron chi connectivity index (χ2n) is 4.68. The predicted molar refractivity (Wildman–Crippen MR) is 77.3 cm³/mol. The van der Waals surface area contributed by atoms with Gasteiger partial charge in [-0.2, -0.15) is 15.0 Å². The van der Waals surface area contributed by atoms with Crippen LogP contribution in [0.5, 0.6) is 0 Å². The maximum Gasteiger partial charge on any atom is 0.218 e. The lowest BCUT2D eigenvalue weighted by Gasteiger charge is -1.97. The first-order chi connectivity index (χ1) is 10.3. The van der Waals surface area contributed by atoms with Crippen LogP contribution in [0.15, 0.2) is 48.9 Å². The van der Waals surface area contributed by atoms with Crippen molar-refractivity contribution < 1.29 is 4.79 Å². The van der Waals surface area contributed by atoms with E-state index in [-0.39, 0.29) is 5.78 Å². The molecule has 0 aliphatic heterocycles. The molecule has 0 aliphatic carbocycles. The second-order valence-corrected chi connectivity index (χ2v) is 4.68. The van der Waals surface area contributed by atoms with E-state index in [2.05, 4.69) is 22.2 Å². The smallest absolute Gasteiger partial charge is 0.218 e. The first-order valence-electron chi connectivity index (χ1n) is 6.83. The summed E-state index contributed by atoms with van der Waals surface area (Å²) in [6.07, 6.45) is 5.76. The minimum absolute atomic E-state index is 0.167. The van der Waals surface area contributed by atoms with Crippen LogP contribution >= 0.6 is 0 Å². The lowest BCUT2D eigenvalue weighted by molar-refractivity contribution is 0.103. The zero-order valence-electron chi connectivity index (χ0n) is 11.7. The van der Waals surface area contributed by atoms with Gasteiger partial charge in [-0.15, -0.1) is 5.10 Å². The number of hydrogen-bond acceptors (Lipinski definition) is 4. The van der Waals surface area contributed by atoms with Crippen molar-refractivity contribution in [1.82, 2.24) is 24.8 Å². The Morgan fingerprint density at radius 2 is 1.95 bits per heavy atom. The SMILES string of the molecule is CCCn1cc(C(=O)c2cnn(-c3ccccc3)n2)cn1. The number of ketones is 1. The molecule has 6 nitrogen and oxygen atoms in total. The van der Waals surface area contributed by atoms with Crippen molar-refractivity contribution in [3.63, 3.8) is 0 Å². The van der Waals surface area contributed by atoms with Crippen LogP contribution in [0.25, 0.3) is 5.69 Å². The number of benzene rings is 1. The van der Waals surface area contributed by atoms with Gasteiger partial charge in [-0.3, -0.25) is 9.48 Å². The quantitative estimate of drug-likeness (QED) is 0.672. The fourth-order valence-corrected chi connectivity index (χ4v) is 2.03. The maximum absolute atomic E-state index is 12.3. The number of rotatable bonds is 5. The van der Waals surface area contributed by atoms with Crippen LogP contribution in [0.2, 0.25) is 0 Å². The zero-order valence-corrected chi connectivity index (χ0v) is 11.7. The minimum atomic E-state index is -0.167. The van der Waals surface area contributed by atoms with E-state index in [1.807, 2.05) is 30.3 Å². The van der Waals surface area contributed by atoms with Crippen molar-refractivity contribution in [1.29, 1.82) is 0 Å². The van der Waals surface area contributed by atoms with Gasteiger partial charge in [0.05, 0.1) is 23.6 Å². The van der Waals surface area contributed by atoms with Crippen molar-refractivity contribution >= 4 is 5.78 Å². The molecule has 2 heterocycles. The Hall–Kier alpha value is -2.76. The Morgan fingerprint density at radius 3 is 2.71 bits per heavy atom. The molecular formula is C15H15N5O. The molecule has 2 aromatic heterocycles. The van der Waals surface area contributed by atoms with E-state index in [1.165, 1.54) is 11.0 Å². The van der Waals surface area contributed by atoms with Gasteiger partial charge in [-0.1, -0.05) is 25.1 Å². The van der Waals surface area contributed by atoms with Crippen molar-refractivity contribution in [2.24, 2.45) is 0 Å². The largest absolute Gasteiger partial charge is 0.287 e. The molecule has 0 saturated carbocycles. The highest BCUT2D eigenvalue weighted by molar-refractivity contribution is 6.07. The number of aromatic nitrogens is 5. The minimum Gasteiger partial charge on any atom is -0.287 e. The highest BCUT2D eigenvalue weighted by atomic mass is 16.1. The lowest BCUT2D eigenvalue weighted by Crippen LogP contribution is -2.04. The monoisotopic (exact) mass is 281 g/mol. The number of para-hydroxylation sites is 1. The highest BCUT2D eigenvalue weighted by Gasteiger charge is 2.15. The first kappa shape index (κ1) is 13.2. The normalized spacial score (nSPS) is 10.7. The Balaban J connectivity index is 1.83. The van der Waals surface area contributed by atoms with E-state index in [9.17, 15) is 4.79 Å². The fraction of sp³-hybridized carbons (Fsp3) is 0.200. The van der Waals surface area contributed by atoms with Gasteiger partial charge < -0.3 is 0 Å². The molecule has 0 radical (unpaired) electrons. The van der Waals surface area contributed by atoms with Crippen LogP contribution in [0.4, 0.5) is 0 Å². The molecule has 0 unspecified atom stereocenters. The van der Waals surface area contributed by atoms with Crippen molar-refractivity contribution in [3.8, 4) is 5.69 Å². The van der Waals surface area contributed by atoms with E-state index in [1.54, 1.807) is 17.1 Å². The van der Waals surface area contributed by atoms with Gasteiger partial charge in [0.15, 0.2) is 5.69 Å². The highest BCUT2D eigenvalue weighted by Crippen LogP contribution is 2.09. The Morgan fingerprint density at radius 1 is 1.14 bits per heavy atom. The number of aryl methyl sites for hydroxylation is 1. The third-order valence-electron chi connectivity index (χ3n) is 3.06. The van der Waals surface area contributed by atoms with Crippen LogP contribution < -0.4 is 0 Å². The van der Waals surface area contributed by atoms with Crippen LogP contribution in [0.3, 0.4) is 0 Å². The summed E-state index contributed by atoms with van der Waals surface area (Å²) in [5, 5.41) is 12.5. The Labute approximate surface area is 122 Å². The van der Waals surface area contributed by atoms with E-state index in [0.29, 0.717) is 11.3 Å². The van der Waals surface area contributed by atoms with Crippen molar-refractivity contribution in [2.45, 2.75) is 19.9 Å². The third-order valence-corrected chi connectivity index (χ3v) is 3.06. The molecule has 1 aromatic carbocycles. The standard InChI is InChI=1S/C15H15N5O/c1-2-8-19-11-12(9-16-19)15(21)14-10-17-20(18-14)13-6-4-3-5-7-13/h3-7,9-11H,2,8H2,1H3. The fourth-order valence-electron chi connectivity index (χ4n) is 2.03. The molecule has 21 heavy (non-hydrogen) atoms. The molecule has 106 valence electrons. The van der Waals surface area contributed by atoms with Gasteiger partial charge in [0.2, 0.25) is 5.78 Å². The van der Waals surface area contributed by atoms with Gasteiger partial charge in [-0.25, -0.2) is 0 Å². The molecule has 0 N–H and O–H groups in total. The van der Waals surface area contributed by atoms with Gasteiger partial charge in [0.25, 0.3) is 0 Å². The molecule has 0 bridgehead atoms. The molecule has 3 aromatic rings. The van der Waals surface area contributed by atoms with E-state index in [0.717, 1.165) is 18.7 Å². The molecule has 3 rings (SSSR count). The van der Waals surface area contributed by atoms with E-state index < -0.39 is 0 Å². The number of carbonyl (C=O) groups excluding carboxylic acids is 1. The molecule has 0 saturated heterocycles. The molecule has 0 fully saturated rings. The van der Waals surface area contributed by atoms with Crippen LogP contribution in [0.1, 0.15) is 29.4 Å². The molecule has 0 spiro atoms. The van der Waals surface area contributed by atoms with Gasteiger partial charge in [0, 0.05) is 12.7 Å². The first-order valence-corrected chi connectivity index (χ1v) is 6.83. The summed E-state index contributed by atoms with van der Waals surface area (Å²) in [6, 6.07) is 9.48. The van der Waals surface area contributed by atoms with Gasteiger partial charge in [0.1, 0.15) is 0 Å². The van der Waals surface area contributed by atoms with Crippen LogP contribution in [0, 0.1) is 0 Å². The average molecular weight is 281 g/mol. The molecular weight excluding hydrogens is 266 g/mol. The number of carbonyl (C=O) groups is 1. The molecule has 0 atom stereocenters. The number of hydrogen-bond donors (Lipinski definition) is 0. The predicted octanol–water partition coefficient (Wildman–Crippen LogP) is 2.10. The molecule has 6 heteroatoms. The summed E-state index contributed by atoms with van der Waals surface area (Å²) in [5.41, 5.74) is 1.66. The van der Waals surface area contributed by atoms with Crippen molar-refractivity contribution in [2.75, 3.05) is 0 Å². The average Bonchev–Trinajstić information content (AvgIpc) is 3.17. The van der Waals surface area contributed by atoms with E-state index in [4.69, 9.17) is 0 Å². The summed E-state index contributed by atoms with van der Waals surface area (Å²) < 4.78 is 1.76. The summed E-state index contributed by atoms with van der Waals surface area (Å²) in [4.78, 5) is 13.8.